The standard InChI is InChI=1S/C21H22N6O4/c1-15-20(22-23-26(15)17-4-3-5-18(14-17)27(29)30)21(28)25-12-10-24(11-13-25)16-6-8-19(31-2)9-7-16/h3-9,14H,10-13H2,1-2H3. The van der Waals surface area contributed by atoms with Crippen molar-refractivity contribution in [3.8, 4) is 11.4 Å². The van der Waals surface area contributed by atoms with E-state index in [1.807, 2.05) is 24.3 Å². The Kier molecular flexibility index (Phi) is 5.52. The summed E-state index contributed by atoms with van der Waals surface area (Å²) in [6.07, 6.45) is 0. The number of nitro groups is 1. The van der Waals surface area contributed by atoms with Gasteiger partial charge in [-0.2, -0.15) is 0 Å². The first-order valence-electron chi connectivity index (χ1n) is 9.83. The van der Waals surface area contributed by atoms with Gasteiger partial charge in [0.2, 0.25) is 0 Å². The van der Waals surface area contributed by atoms with Crippen LogP contribution in [0.2, 0.25) is 0 Å². The molecule has 1 fully saturated rings. The molecule has 160 valence electrons. The van der Waals surface area contributed by atoms with E-state index in [-0.39, 0.29) is 17.3 Å². The third-order valence-electron chi connectivity index (χ3n) is 5.39. The Balaban J connectivity index is 1.46. The second-order valence-electron chi connectivity index (χ2n) is 7.19. The van der Waals surface area contributed by atoms with E-state index < -0.39 is 4.92 Å². The van der Waals surface area contributed by atoms with E-state index in [0.717, 1.165) is 11.4 Å². The van der Waals surface area contributed by atoms with E-state index in [2.05, 4.69) is 15.2 Å². The SMILES string of the molecule is COc1ccc(N2CCN(C(=O)c3nnn(-c4cccc([N+](=O)[O-])c4)c3C)CC2)cc1. The van der Waals surface area contributed by atoms with E-state index in [1.165, 1.54) is 16.8 Å². The molecular formula is C21H22N6O4. The summed E-state index contributed by atoms with van der Waals surface area (Å²) in [7, 11) is 1.64. The highest BCUT2D eigenvalue weighted by Crippen LogP contribution is 2.22. The number of methoxy groups -OCH3 is 1. The molecule has 1 saturated heterocycles. The summed E-state index contributed by atoms with van der Waals surface area (Å²) in [5.74, 6) is 0.614. The van der Waals surface area contributed by atoms with Gasteiger partial charge < -0.3 is 14.5 Å². The third kappa shape index (κ3) is 4.04. The number of aromatic nitrogens is 3. The van der Waals surface area contributed by atoms with Crippen LogP contribution in [-0.2, 0) is 0 Å². The Morgan fingerprint density at radius 3 is 2.42 bits per heavy atom. The second-order valence-corrected chi connectivity index (χ2v) is 7.19. The fourth-order valence-electron chi connectivity index (χ4n) is 3.62. The van der Waals surface area contributed by atoms with E-state index in [9.17, 15) is 14.9 Å². The van der Waals surface area contributed by atoms with E-state index in [4.69, 9.17) is 4.74 Å². The lowest BCUT2D eigenvalue weighted by molar-refractivity contribution is -0.384. The summed E-state index contributed by atoms with van der Waals surface area (Å²) >= 11 is 0. The van der Waals surface area contributed by atoms with Crippen LogP contribution in [0.3, 0.4) is 0 Å². The summed E-state index contributed by atoms with van der Waals surface area (Å²) in [4.78, 5) is 27.6. The molecule has 10 nitrogen and oxygen atoms in total. The van der Waals surface area contributed by atoms with Crippen molar-refractivity contribution in [3.05, 3.63) is 70.0 Å². The highest BCUT2D eigenvalue weighted by molar-refractivity contribution is 5.93. The molecule has 1 aliphatic heterocycles. The first-order chi connectivity index (χ1) is 15.0. The van der Waals surface area contributed by atoms with Gasteiger partial charge in [0.15, 0.2) is 5.69 Å². The molecule has 2 aromatic carbocycles. The van der Waals surface area contributed by atoms with Crippen molar-refractivity contribution < 1.29 is 14.5 Å². The van der Waals surface area contributed by atoms with Crippen LogP contribution in [0.4, 0.5) is 11.4 Å². The van der Waals surface area contributed by atoms with Crippen molar-refractivity contribution in [2.75, 3.05) is 38.2 Å². The number of hydrogen-bond acceptors (Lipinski definition) is 7. The lowest BCUT2D eigenvalue weighted by Crippen LogP contribution is -2.49. The van der Waals surface area contributed by atoms with Crippen molar-refractivity contribution >= 4 is 17.3 Å². The van der Waals surface area contributed by atoms with Gasteiger partial charge in [0.1, 0.15) is 5.75 Å². The Bertz CT molecular complexity index is 1100. The molecule has 1 amide bonds. The Hall–Kier alpha value is -3.95. The quantitative estimate of drug-likeness (QED) is 0.459. The van der Waals surface area contributed by atoms with Gasteiger partial charge in [-0.25, -0.2) is 4.68 Å². The molecule has 1 aromatic heterocycles. The molecule has 0 spiro atoms. The Morgan fingerprint density at radius 2 is 1.77 bits per heavy atom. The minimum Gasteiger partial charge on any atom is -0.497 e. The smallest absolute Gasteiger partial charge is 0.276 e. The van der Waals surface area contributed by atoms with E-state index in [1.54, 1.807) is 31.1 Å². The molecular weight excluding hydrogens is 400 g/mol. The molecule has 0 N–H and O–H groups in total. The highest BCUT2D eigenvalue weighted by atomic mass is 16.6. The van der Waals surface area contributed by atoms with Gasteiger partial charge >= 0.3 is 0 Å². The van der Waals surface area contributed by atoms with Crippen LogP contribution in [0.15, 0.2) is 48.5 Å². The maximum absolute atomic E-state index is 13.0. The number of amides is 1. The predicted molar refractivity (Wildman–Crippen MR) is 114 cm³/mol. The predicted octanol–water partition coefficient (Wildman–Crippen LogP) is 2.45. The van der Waals surface area contributed by atoms with Gasteiger partial charge in [-0.3, -0.25) is 14.9 Å². The van der Waals surface area contributed by atoms with Crippen LogP contribution in [0.1, 0.15) is 16.2 Å². The molecule has 1 aliphatic rings. The van der Waals surface area contributed by atoms with Crippen LogP contribution in [0, 0.1) is 17.0 Å². The summed E-state index contributed by atoms with van der Waals surface area (Å²) in [6.45, 7) is 4.27. The summed E-state index contributed by atoms with van der Waals surface area (Å²) in [5, 5.41) is 19.2. The topological polar surface area (TPSA) is 107 Å². The molecule has 0 aliphatic carbocycles. The van der Waals surface area contributed by atoms with Gasteiger partial charge in [0.05, 0.1) is 23.4 Å². The fourth-order valence-corrected chi connectivity index (χ4v) is 3.62. The summed E-state index contributed by atoms with van der Waals surface area (Å²) in [5.41, 5.74) is 2.32. The Labute approximate surface area is 178 Å². The van der Waals surface area contributed by atoms with Crippen LogP contribution in [-0.4, -0.2) is 64.0 Å². The number of anilines is 1. The maximum atomic E-state index is 13.0. The molecule has 0 bridgehead atoms. The lowest BCUT2D eigenvalue weighted by atomic mass is 10.2. The fraction of sp³-hybridized carbons (Fsp3) is 0.286. The number of carbonyl (C=O) groups excluding carboxylic acids is 1. The maximum Gasteiger partial charge on any atom is 0.276 e. The van der Waals surface area contributed by atoms with Crippen molar-refractivity contribution in [1.29, 1.82) is 0 Å². The van der Waals surface area contributed by atoms with Crippen LogP contribution >= 0.6 is 0 Å². The molecule has 3 aromatic rings. The van der Waals surface area contributed by atoms with Gasteiger partial charge in [0, 0.05) is 44.0 Å². The number of ether oxygens (including phenoxy) is 1. The first-order valence-corrected chi connectivity index (χ1v) is 9.83. The van der Waals surface area contributed by atoms with E-state index in [0.29, 0.717) is 37.6 Å². The molecule has 31 heavy (non-hydrogen) atoms. The molecule has 2 heterocycles. The summed E-state index contributed by atoms with van der Waals surface area (Å²) in [6, 6.07) is 13.9. The summed E-state index contributed by atoms with van der Waals surface area (Å²) < 4.78 is 6.65. The average molecular weight is 422 g/mol. The first kappa shape index (κ1) is 20.3. The monoisotopic (exact) mass is 422 g/mol. The molecule has 0 unspecified atom stereocenters. The molecule has 0 radical (unpaired) electrons. The largest absolute Gasteiger partial charge is 0.497 e. The van der Waals surface area contributed by atoms with Crippen LogP contribution in [0.5, 0.6) is 5.75 Å². The number of nitro benzene ring substituents is 1. The number of non-ortho nitro benzene ring substituents is 1. The lowest BCUT2D eigenvalue weighted by Gasteiger charge is -2.35. The minimum absolute atomic E-state index is 0.0464. The van der Waals surface area contributed by atoms with Gasteiger partial charge in [-0.05, 0) is 37.3 Å². The van der Waals surface area contributed by atoms with Gasteiger partial charge in [-0.1, -0.05) is 11.3 Å². The molecule has 0 atom stereocenters. The van der Waals surface area contributed by atoms with Gasteiger partial charge in [-0.15, -0.1) is 5.10 Å². The minimum atomic E-state index is -0.468. The normalized spacial score (nSPS) is 13.9. The number of piperazine rings is 1. The van der Waals surface area contributed by atoms with Crippen LogP contribution in [0.25, 0.3) is 5.69 Å². The number of hydrogen-bond donors (Lipinski definition) is 0. The Morgan fingerprint density at radius 1 is 1.06 bits per heavy atom. The molecule has 4 rings (SSSR count). The number of benzene rings is 2. The van der Waals surface area contributed by atoms with Crippen molar-refractivity contribution in [2.45, 2.75) is 6.92 Å². The number of rotatable bonds is 5. The third-order valence-corrected chi connectivity index (χ3v) is 5.39. The van der Waals surface area contributed by atoms with E-state index >= 15 is 0 Å². The molecule has 10 heteroatoms. The highest BCUT2D eigenvalue weighted by Gasteiger charge is 2.27. The van der Waals surface area contributed by atoms with Crippen molar-refractivity contribution in [1.82, 2.24) is 19.9 Å². The van der Waals surface area contributed by atoms with Crippen molar-refractivity contribution in [2.24, 2.45) is 0 Å². The zero-order valence-electron chi connectivity index (χ0n) is 17.3. The second kappa shape index (κ2) is 8.42. The number of carbonyl (C=O) groups is 1. The van der Waals surface area contributed by atoms with Gasteiger partial charge in [0.25, 0.3) is 11.6 Å². The van der Waals surface area contributed by atoms with Crippen LogP contribution < -0.4 is 9.64 Å². The average Bonchev–Trinajstić information content (AvgIpc) is 3.20. The zero-order valence-corrected chi connectivity index (χ0v) is 17.3. The molecule has 0 saturated carbocycles. The van der Waals surface area contributed by atoms with Crippen molar-refractivity contribution in [3.63, 3.8) is 0 Å². The number of nitrogens with zero attached hydrogens (tertiary/aromatic N) is 6. The zero-order chi connectivity index (χ0) is 22.0.